The van der Waals surface area contributed by atoms with Crippen molar-refractivity contribution in [2.45, 2.75) is 70.8 Å². The number of imide groups is 1. The van der Waals surface area contributed by atoms with Crippen LogP contribution in [0.1, 0.15) is 73.2 Å². The highest BCUT2D eigenvalue weighted by Crippen LogP contribution is 2.39. The van der Waals surface area contributed by atoms with Crippen LogP contribution in [0.25, 0.3) is 0 Å². The van der Waals surface area contributed by atoms with Gasteiger partial charge in [0.15, 0.2) is 0 Å². The maximum Gasteiger partial charge on any atom is 0.325 e. The van der Waals surface area contributed by atoms with Gasteiger partial charge in [-0.25, -0.2) is 4.79 Å². The fourth-order valence-electron chi connectivity index (χ4n) is 5.73. The number of likely N-dealkylation sites (N-methyl/N-ethyl adjacent to an activating group) is 1. The molecule has 3 heterocycles. The second-order valence-corrected chi connectivity index (χ2v) is 11.9. The first kappa shape index (κ1) is 25.2. The number of hydrogen-bond donors (Lipinski definition) is 1. The van der Waals surface area contributed by atoms with E-state index in [1.54, 1.807) is 11.3 Å². The molecule has 4 amide bonds. The topological polar surface area (TPSA) is 73.0 Å². The number of fused-ring (bicyclic) bond motifs is 1. The third kappa shape index (κ3) is 4.89. The third-order valence-electron chi connectivity index (χ3n) is 7.86. The molecule has 0 radical (unpaired) electrons. The van der Waals surface area contributed by atoms with Gasteiger partial charge >= 0.3 is 6.03 Å². The Balaban J connectivity index is 1.47. The molecule has 3 aliphatic rings. The summed E-state index contributed by atoms with van der Waals surface area (Å²) in [6, 6.07) is -0.265. The van der Waals surface area contributed by atoms with Crippen molar-refractivity contribution >= 4 is 29.2 Å². The van der Waals surface area contributed by atoms with Crippen molar-refractivity contribution in [1.82, 2.24) is 20.0 Å². The van der Waals surface area contributed by atoms with Crippen LogP contribution < -0.4 is 5.32 Å². The SMILES string of the molecule is CC(C)CC[C@]1(C2CCN(C(=O)c3csc4c3CCCC4)CC2)NC(=O)N(CCN(C)C)C1=O. The van der Waals surface area contributed by atoms with Gasteiger partial charge in [-0.15, -0.1) is 11.3 Å². The molecule has 2 aliphatic heterocycles. The number of rotatable bonds is 8. The predicted molar refractivity (Wildman–Crippen MR) is 135 cm³/mol. The molecule has 8 heteroatoms. The summed E-state index contributed by atoms with van der Waals surface area (Å²) < 4.78 is 0. The summed E-state index contributed by atoms with van der Waals surface area (Å²) in [7, 11) is 3.89. The Labute approximate surface area is 207 Å². The zero-order chi connectivity index (χ0) is 24.5. The van der Waals surface area contributed by atoms with Gasteiger partial charge in [0.2, 0.25) is 0 Å². The maximum atomic E-state index is 13.7. The Morgan fingerprint density at radius 1 is 1.21 bits per heavy atom. The highest BCUT2D eigenvalue weighted by Gasteiger charge is 2.55. The number of urea groups is 1. The first-order valence-electron chi connectivity index (χ1n) is 12.9. The Bertz CT molecular complexity index is 919. The monoisotopic (exact) mass is 488 g/mol. The summed E-state index contributed by atoms with van der Waals surface area (Å²) >= 11 is 1.73. The average molecular weight is 489 g/mol. The first-order valence-corrected chi connectivity index (χ1v) is 13.8. The van der Waals surface area contributed by atoms with Gasteiger partial charge in [0, 0.05) is 36.4 Å². The highest BCUT2D eigenvalue weighted by atomic mass is 32.1. The molecule has 0 bridgehead atoms. The molecule has 0 unspecified atom stereocenters. The molecule has 2 saturated heterocycles. The van der Waals surface area contributed by atoms with Crippen LogP contribution in [0, 0.1) is 11.8 Å². The Kier molecular flexibility index (Phi) is 7.67. The van der Waals surface area contributed by atoms with Gasteiger partial charge in [-0.3, -0.25) is 14.5 Å². The Morgan fingerprint density at radius 3 is 2.59 bits per heavy atom. The summed E-state index contributed by atoms with van der Waals surface area (Å²) in [5.74, 6) is 0.566. The summed E-state index contributed by atoms with van der Waals surface area (Å²) in [4.78, 5) is 46.7. The number of nitrogens with one attached hydrogen (secondary N) is 1. The molecule has 0 saturated carbocycles. The summed E-state index contributed by atoms with van der Waals surface area (Å²) in [6.07, 6.45) is 7.51. The average Bonchev–Trinajstić information content (AvgIpc) is 3.35. The van der Waals surface area contributed by atoms with Crippen LogP contribution >= 0.6 is 11.3 Å². The second-order valence-electron chi connectivity index (χ2n) is 10.9. The van der Waals surface area contributed by atoms with E-state index in [2.05, 4.69) is 24.5 Å². The Morgan fingerprint density at radius 2 is 1.91 bits per heavy atom. The molecule has 1 N–H and O–H groups in total. The maximum absolute atomic E-state index is 13.7. The minimum atomic E-state index is -0.843. The lowest BCUT2D eigenvalue weighted by atomic mass is 9.73. The van der Waals surface area contributed by atoms with Crippen molar-refractivity contribution in [3.8, 4) is 0 Å². The predicted octanol–water partition coefficient (Wildman–Crippen LogP) is 3.77. The fourth-order valence-corrected chi connectivity index (χ4v) is 6.85. The normalized spacial score (nSPS) is 23.7. The van der Waals surface area contributed by atoms with Crippen LogP contribution in [0.2, 0.25) is 0 Å². The van der Waals surface area contributed by atoms with Crippen molar-refractivity contribution in [1.29, 1.82) is 0 Å². The number of thiophene rings is 1. The van der Waals surface area contributed by atoms with Gasteiger partial charge < -0.3 is 15.1 Å². The standard InChI is InChI=1S/C26H40N4O3S/c1-18(2)9-12-26(24(32)30(25(33)27-26)16-15-28(3)4)19-10-13-29(14-11-19)23(31)21-17-34-22-8-6-5-7-20(21)22/h17-19H,5-16H2,1-4H3,(H,27,33)/t26-/m1/s1. The molecule has 1 aromatic rings. The van der Waals surface area contributed by atoms with Crippen LogP contribution in [-0.2, 0) is 17.6 Å². The van der Waals surface area contributed by atoms with E-state index in [1.165, 1.54) is 21.8 Å². The number of carbonyl (C=O) groups excluding carboxylic acids is 3. The van der Waals surface area contributed by atoms with Crippen LogP contribution in [0.3, 0.4) is 0 Å². The zero-order valence-electron chi connectivity index (χ0n) is 21.2. The zero-order valence-corrected chi connectivity index (χ0v) is 22.0. The van der Waals surface area contributed by atoms with E-state index in [1.807, 2.05) is 23.9 Å². The lowest BCUT2D eigenvalue weighted by Crippen LogP contribution is -2.56. The van der Waals surface area contributed by atoms with Gasteiger partial charge in [-0.05, 0) is 82.9 Å². The van der Waals surface area contributed by atoms with Gasteiger partial charge in [0.1, 0.15) is 5.54 Å². The van der Waals surface area contributed by atoms with Gasteiger partial charge in [-0.1, -0.05) is 13.8 Å². The largest absolute Gasteiger partial charge is 0.339 e. The molecule has 7 nitrogen and oxygen atoms in total. The van der Waals surface area contributed by atoms with Crippen LogP contribution in [0.5, 0.6) is 0 Å². The number of amides is 4. The van der Waals surface area contributed by atoms with E-state index < -0.39 is 5.54 Å². The van der Waals surface area contributed by atoms with E-state index >= 15 is 0 Å². The Hall–Kier alpha value is -1.93. The first-order chi connectivity index (χ1) is 16.2. The van der Waals surface area contributed by atoms with Crippen molar-refractivity contribution < 1.29 is 14.4 Å². The van der Waals surface area contributed by atoms with Gasteiger partial charge in [0.25, 0.3) is 11.8 Å². The van der Waals surface area contributed by atoms with Gasteiger partial charge in [-0.2, -0.15) is 0 Å². The summed E-state index contributed by atoms with van der Waals surface area (Å²) in [5, 5.41) is 5.20. The molecule has 1 aromatic heterocycles. The van der Waals surface area contributed by atoms with E-state index in [0.717, 1.165) is 44.1 Å². The fraction of sp³-hybridized carbons (Fsp3) is 0.731. The van der Waals surface area contributed by atoms with Crippen molar-refractivity contribution in [2.24, 2.45) is 11.8 Å². The molecule has 2 fully saturated rings. The molecule has 4 rings (SSSR count). The quantitative estimate of drug-likeness (QED) is 0.566. The molecule has 0 aromatic carbocycles. The molecule has 0 spiro atoms. The van der Waals surface area contributed by atoms with Crippen LogP contribution in [0.4, 0.5) is 4.79 Å². The number of hydrogen-bond acceptors (Lipinski definition) is 5. The van der Waals surface area contributed by atoms with E-state index in [-0.39, 0.29) is 23.8 Å². The number of carbonyl (C=O) groups is 3. The molecular weight excluding hydrogens is 448 g/mol. The lowest BCUT2D eigenvalue weighted by Gasteiger charge is -2.41. The molecular formula is C26H40N4O3S. The third-order valence-corrected chi connectivity index (χ3v) is 8.95. The minimum absolute atomic E-state index is 0.0486. The highest BCUT2D eigenvalue weighted by molar-refractivity contribution is 7.10. The van der Waals surface area contributed by atoms with E-state index in [9.17, 15) is 14.4 Å². The number of nitrogens with zero attached hydrogens (tertiary/aromatic N) is 3. The second kappa shape index (κ2) is 10.4. The number of aryl methyl sites for hydroxylation is 1. The van der Waals surface area contributed by atoms with Crippen molar-refractivity contribution in [2.75, 3.05) is 40.3 Å². The van der Waals surface area contributed by atoms with E-state index in [0.29, 0.717) is 38.5 Å². The number of piperidine rings is 1. The molecule has 1 atom stereocenters. The van der Waals surface area contributed by atoms with Gasteiger partial charge in [0.05, 0.1) is 5.56 Å². The molecule has 1 aliphatic carbocycles. The minimum Gasteiger partial charge on any atom is -0.339 e. The van der Waals surface area contributed by atoms with Crippen LogP contribution in [-0.4, -0.2) is 78.4 Å². The van der Waals surface area contributed by atoms with Crippen molar-refractivity contribution in [3.05, 3.63) is 21.4 Å². The summed E-state index contributed by atoms with van der Waals surface area (Å²) in [6.45, 7) is 6.64. The lowest BCUT2D eigenvalue weighted by molar-refractivity contribution is -0.134. The molecule has 34 heavy (non-hydrogen) atoms. The number of likely N-dealkylation sites (tertiary alicyclic amines) is 1. The van der Waals surface area contributed by atoms with Crippen molar-refractivity contribution in [3.63, 3.8) is 0 Å². The molecule has 188 valence electrons. The van der Waals surface area contributed by atoms with E-state index in [4.69, 9.17) is 0 Å². The summed E-state index contributed by atoms with van der Waals surface area (Å²) in [5.41, 5.74) is 1.32. The van der Waals surface area contributed by atoms with Crippen LogP contribution in [0.15, 0.2) is 5.38 Å². The smallest absolute Gasteiger partial charge is 0.325 e.